The topological polar surface area (TPSA) is 68.9 Å². The third kappa shape index (κ3) is 5.37. The van der Waals surface area contributed by atoms with Crippen molar-refractivity contribution in [2.24, 2.45) is 10.7 Å². The average molecular weight is 397 g/mol. The molecular weight excluding hydrogens is 369 g/mol. The van der Waals surface area contributed by atoms with Crippen LogP contribution < -0.4 is 11.1 Å². The molecule has 2 fully saturated rings. The Morgan fingerprint density at radius 3 is 2.65 bits per heavy atom. The Hall–Kier alpha value is -0.0800. The maximum absolute atomic E-state index is 6.11. The summed E-state index contributed by atoms with van der Waals surface area (Å²) in [7, 11) is 0. The van der Waals surface area contributed by atoms with Gasteiger partial charge in [-0.05, 0) is 19.3 Å². The van der Waals surface area contributed by atoms with Gasteiger partial charge in [-0.1, -0.05) is 19.8 Å². The molecule has 2 rings (SSSR count). The smallest absolute Gasteiger partial charge is 0.188 e. The van der Waals surface area contributed by atoms with E-state index < -0.39 is 0 Å². The second-order valence-electron chi connectivity index (χ2n) is 5.53. The molecule has 1 atom stereocenters. The molecule has 0 radical (unpaired) electrons. The molecule has 3 N–H and O–H groups in total. The molecule has 1 unspecified atom stereocenters. The summed E-state index contributed by atoms with van der Waals surface area (Å²) in [6.07, 6.45) is 8.15. The molecule has 0 aromatic rings. The molecular formula is C14H28IN3O2. The van der Waals surface area contributed by atoms with Crippen LogP contribution in [0, 0.1) is 0 Å². The van der Waals surface area contributed by atoms with Gasteiger partial charge in [0, 0.05) is 19.4 Å². The van der Waals surface area contributed by atoms with Crippen LogP contribution in [0.2, 0.25) is 0 Å². The molecule has 0 amide bonds. The highest BCUT2D eigenvalue weighted by atomic mass is 127. The van der Waals surface area contributed by atoms with Crippen LogP contribution in [0.3, 0.4) is 0 Å². The third-order valence-electron chi connectivity index (χ3n) is 3.80. The summed E-state index contributed by atoms with van der Waals surface area (Å²) in [5, 5.41) is 3.07. The van der Waals surface area contributed by atoms with E-state index in [1.165, 1.54) is 25.7 Å². The maximum Gasteiger partial charge on any atom is 0.188 e. The summed E-state index contributed by atoms with van der Waals surface area (Å²) in [5.41, 5.74) is 5.78. The predicted octanol–water partition coefficient (Wildman–Crippen LogP) is 2.38. The number of ether oxygens (including phenoxy) is 2. The Kier molecular flexibility index (Phi) is 8.13. The summed E-state index contributed by atoms with van der Waals surface area (Å²) in [6.45, 7) is 4.19. The van der Waals surface area contributed by atoms with E-state index in [2.05, 4.69) is 17.2 Å². The van der Waals surface area contributed by atoms with E-state index in [9.17, 15) is 0 Å². The van der Waals surface area contributed by atoms with Gasteiger partial charge in [0.05, 0.1) is 13.2 Å². The second kappa shape index (κ2) is 9.04. The molecule has 1 aliphatic carbocycles. The second-order valence-corrected chi connectivity index (χ2v) is 5.53. The van der Waals surface area contributed by atoms with E-state index in [-0.39, 0.29) is 35.9 Å². The number of halogens is 1. The molecule has 1 heterocycles. The van der Waals surface area contributed by atoms with Gasteiger partial charge in [0.25, 0.3) is 0 Å². The number of nitrogens with one attached hydrogen (secondary N) is 1. The molecule has 1 saturated carbocycles. The summed E-state index contributed by atoms with van der Waals surface area (Å²) in [5.74, 6) is 0.190. The number of guanidine groups is 1. The largest absolute Gasteiger partial charge is 0.370 e. The summed E-state index contributed by atoms with van der Waals surface area (Å²) in [6, 6.07) is 0. The number of aliphatic imine (C=N–C) groups is 1. The van der Waals surface area contributed by atoms with Crippen molar-refractivity contribution >= 4 is 29.9 Å². The molecule has 0 aromatic heterocycles. The van der Waals surface area contributed by atoms with Crippen LogP contribution in [0.1, 0.15) is 51.9 Å². The summed E-state index contributed by atoms with van der Waals surface area (Å²) < 4.78 is 12.0. The molecule has 5 nitrogen and oxygen atoms in total. The standard InChI is InChI=1S/C14H27N3O2.HI/c1-2-9-16-13(15)17-10-12-11-18-14(19-12)7-5-3-4-6-8-14;/h12H,2-11H2,1H3,(H3,15,16,17);1H. The molecule has 1 aliphatic heterocycles. The van der Waals surface area contributed by atoms with Crippen LogP contribution in [0.25, 0.3) is 0 Å². The highest BCUT2D eigenvalue weighted by Gasteiger charge is 2.41. The van der Waals surface area contributed by atoms with Gasteiger partial charge in [0.2, 0.25) is 0 Å². The van der Waals surface area contributed by atoms with E-state index in [1.54, 1.807) is 0 Å². The molecule has 1 spiro atoms. The van der Waals surface area contributed by atoms with Crippen molar-refractivity contribution in [1.29, 1.82) is 0 Å². The molecule has 2 aliphatic rings. The Balaban J connectivity index is 0.00000200. The molecule has 20 heavy (non-hydrogen) atoms. The van der Waals surface area contributed by atoms with Crippen LogP contribution in [-0.2, 0) is 9.47 Å². The number of nitrogens with zero attached hydrogens (tertiary/aromatic N) is 1. The first-order valence-corrected chi connectivity index (χ1v) is 7.60. The first-order valence-electron chi connectivity index (χ1n) is 7.60. The molecule has 1 saturated heterocycles. The number of hydrogen-bond donors (Lipinski definition) is 2. The van der Waals surface area contributed by atoms with Crippen molar-refractivity contribution in [3.63, 3.8) is 0 Å². The van der Waals surface area contributed by atoms with Gasteiger partial charge in [0.15, 0.2) is 11.7 Å². The lowest BCUT2D eigenvalue weighted by Gasteiger charge is -2.26. The SMILES string of the molecule is CCCNC(N)=NCC1COC2(CCCCCC2)O1.I. The van der Waals surface area contributed by atoms with E-state index >= 15 is 0 Å². The zero-order valence-corrected chi connectivity index (χ0v) is 14.7. The Labute approximate surface area is 139 Å². The van der Waals surface area contributed by atoms with Crippen LogP contribution >= 0.6 is 24.0 Å². The molecule has 118 valence electrons. The average Bonchev–Trinajstić information content (AvgIpc) is 2.66. The molecule has 6 heteroatoms. The minimum Gasteiger partial charge on any atom is -0.370 e. The minimum atomic E-state index is -0.317. The Bertz CT molecular complexity index is 305. The maximum atomic E-state index is 6.11. The zero-order valence-electron chi connectivity index (χ0n) is 12.4. The number of nitrogens with two attached hydrogens (primary N) is 1. The highest BCUT2D eigenvalue weighted by Crippen LogP contribution is 2.36. The van der Waals surface area contributed by atoms with Crippen LogP contribution in [0.4, 0.5) is 0 Å². The molecule has 0 aromatic carbocycles. The quantitative estimate of drug-likeness (QED) is 0.434. The van der Waals surface area contributed by atoms with Gasteiger partial charge in [-0.3, -0.25) is 4.99 Å². The van der Waals surface area contributed by atoms with Gasteiger partial charge in [-0.25, -0.2) is 0 Å². The Morgan fingerprint density at radius 2 is 2.00 bits per heavy atom. The van der Waals surface area contributed by atoms with E-state index in [0.29, 0.717) is 19.1 Å². The van der Waals surface area contributed by atoms with Gasteiger partial charge in [-0.15, -0.1) is 24.0 Å². The monoisotopic (exact) mass is 397 g/mol. The van der Waals surface area contributed by atoms with Gasteiger partial charge < -0.3 is 20.5 Å². The van der Waals surface area contributed by atoms with Crippen molar-refractivity contribution in [2.75, 3.05) is 19.7 Å². The van der Waals surface area contributed by atoms with E-state index in [4.69, 9.17) is 15.2 Å². The lowest BCUT2D eigenvalue weighted by atomic mass is 10.1. The lowest BCUT2D eigenvalue weighted by molar-refractivity contribution is -0.174. The van der Waals surface area contributed by atoms with Gasteiger partial charge in [0.1, 0.15) is 6.10 Å². The van der Waals surface area contributed by atoms with Crippen LogP contribution in [-0.4, -0.2) is 37.5 Å². The first kappa shape index (κ1) is 18.0. The first-order chi connectivity index (χ1) is 9.24. The van der Waals surface area contributed by atoms with E-state index in [1.807, 2.05) is 0 Å². The zero-order chi connectivity index (χ0) is 13.6. The lowest BCUT2D eigenvalue weighted by Crippen LogP contribution is -2.34. The fraction of sp³-hybridized carbons (Fsp3) is 0.929. The van der Waals surface area contributed by atoms with Crippen molar-refractivity contribution in [3.05, 3.63) is 0 Å². The third-order valence-corrected chi connectivity index (χ3v) is 3.80. The van der Waals surface area contributed by atoms with Gasteiger partial charge in [-0.2, -0.15) is 0 Å². The van der Waals surface area contributed by atoms with Crippen molar-refractivity contribution in [2.45, 2.75) is 63.8 Å². The van der Waals surface area contributed by atoms with Crippen molar-refractivity contribution < 1.29 is 9.47 Å². The van der Waals surface area contributed by atoms with Crippen molar-refractivity contribution in [3.8, 4) is 0 Å². The summed E-state index contributed by atoms with van der Waals surface area (Å²) in [4.78, 5) is 4.32. The minimum absolute atomic E-state index is 0. The normalized spacial score (nSPS) is 26.1. The fourth-order valence-electron chi connectivity index (χ4n) is 2.75. The highest BCUT2D eigenvalue weighted by molar-refractivity contribution is 14.0. The van der Waals surface area contributed by atoms with Crippen LogP contribution in [0.15, 0.2) is 4.99 Å². The van der Waals surface area contributed by atoms with Crippen LogP contribution in [0.5, 0.6) is 0 Å². The van der Waals surface area contributed by atoms with E-state index in [0.717, 1.165) is 25.8 Å². The predicted molar refractivity (Wildman–Crippen MR) is 91.5 cm³/mol. The fourth-order valence-corrected chi connectivity index (χ4v) is 2.75. The van der Waals surface area contributed by atoms with Crippen molar-refractivity contribution in [1.82, 2.24) is 5.32 Å². The van der Waals surface area contributed by atoms with Gasteiger partial charge >= 0.3 is 0 Å². The summed E-state index contributed by atoms with van der Waals surface area (Å²) >= 11 is 0. The number of hydrogen-bond acceptors (Lipinski definition) is 3. The molecule has 0 bridgehead atoms. The Morgan fingerprint density at radius 1 is 1.30 bits per heavy atom. The number of rotatable bonds is 4.